The molecule has 0 spiro atoms. The van der Waals surface area contributed by atoms with Gasteiger partial charge in [0.15, 0.2) is 24.1 Å². The highest BCUT2D eigenvalue weighted by Gasteiger charge is 2.44. The Kier molecular flexibility index (Phi) is 11.1. The van der Waals surface area contributed by atoms with Gasteiger partial charge >= 0.3 is 0 Å². The summed E-state index contributed by atoms with van der Waals surface area (Å²) >= 11 is 2.01. The fourth-order valence-electron chi connectivity index (χ4n) is 11.8. The summed E-state index contributed by atoms with van der Waals surface area (Å²) in [6.45, 7) is 31.4. The summed E-state index contributed by atoms with van der Waals surface area (Å²) < 4.78 is 8.03. The summed E-state index contributed by atoms with van der Waals surface area (Å²) in [5.74, 6) is 1.45. The summed E-state index contributed by atoms with van der Waals surface area (Å²) in [7, 11) is -1.67. The van der Waals surface area contributed by atoms with Crippen LogP contribution in [0.1, 0.15) is 158 Å². The number of aryl methyl sites for hydroxylation is 1. The lowest BCUT2D eigenvalue weighted by Gasteiger charge is -2.33. The van der Waals surface area contributed by atoms with Crippen molar-refractivity contribution >= 4 is 50.5 Å². The molecule has 65 heavy (non-hydrogen) atoms. The zero-order chi connectivity index (χ0) is 45.7. The predicted molar refractivity (Wildman–Crippen MR) is 283 cm³/mol. The quantitative estimate of drug-likeness (QED) is 0.123. The van der Waals surface area contributed by atoms with E-state index in [0.717, 1.165) is 19.3 Å². The van der Waals surface area contributed by atoms with Crippen molar-refractivity contribution in [2.24, 2.45) is 0 Å². The Hall–Kier alpha value is -4.64. The molecule has 10 rings (SSSR count). The summed E-state index contributed by atoms with van der Waals surface area (Å²) in [4.78, 5) is 0. The molecule has 334 valence electrons. The Labute approximate surface area is 395 Å². The van der Waals surface area contributed by atoms with E-state index in [1.165, 1.54) is 125 Å². The largest absolute Gasteiger partial charge is 0.220 e. The lowest BCUT2D eigenvalue weighted by Crippen LogP contribution is -2.54. The average molecular weight is 893 g/mol. The maximum Gasteiger partial charge on any atom is 0.220 e. The second-order valence-corrected chi connectivity index (χ2v) is 29.6. The Balaban J connectivity index is 1.17. The fraction of sp³-hybridized carbons (Fsp3) is 0.410. The highest BCUT2D eigenvalue weighted by molar-refractivity contribution is 7.26. The number of aromatic nitrogens is 2. The van der Waals surface area contributed by atoms with Gasteiger partial charge in [0.25, 0.3) is 0 Å². The zero-order valence-electron chi connectivity index (χ0n) is 41.3. The molecule has 0 saturated heterocycles. The third-order valence-electron chi connectivity index (χ3n) is 15.6. The van der Waals surface area contributed by atoms with Gasteiger partial charge in [-0.2, -0.15) is 9.13 Å². The van der Waals surface area contributed by atoms with Crippen molar-refractivity contribution in [2.45, 2.75) is 161 Å². The van der Waals surface area contributed by atoms with Gasteiger partial charge in [-0.1, -0.05) is 155 Å². The lowest BCUT2D eigenvalue weighted by atomic mass is 9.77. The molecule has 2 nitrogen and oxygen atoms in total. The zero-order valence-corrected chi connectivity index (χ0v) is 43.1. The van der Waals surface area contributed by atoms with Crippen molar-refractivity contribution < 1.29 is 9.13 Å². The molecule has 2 atom stereocenters. The van der Waals surface area contributed by atoms with Crippen LogP contribution >= 0.6 is 11.3 Å². The Morgan fingerprint density at radius 2 is 1.43 bits per heavy atom. The minimum absolute atomic E-state index is 0.0627. The Bertz CT molecular complexity index is 2980. The van der Waals surface area contributed by atoms with Gasteiger partial charge in [0.05, 0.1) is 20.1 Å². The van der Waals surface area contributed by atoms with Crippen LogP contribution in [0.3, 0.4) is 0 Å². The van der Waals surface area contributed by atoms with Gasteiger partial charge in [-0.15, -0.1) is 11.3 Å². The summed E-state index contributed by atoms with van der Waals surface area (Å²) in [6.07, 6.45) is 14.6. The standard InChI is InChI=1S/C61H72N2SSi/c1-38(2)52-36-54-48-21-17-16-20-47(48)49-25-22-41-23-27-51-50-26-24-42(44-31-45(60(4,5)6)35-46(32-44)61(7,8)9)34-56(50)64-59(51)58(41)55-33-43(40-18-14-13-15-19-40)28-29-62(55)39(3)30-53(49)63(54)37-57(52)65(10,11)12/h16-17,20-21,23-24,26-29,31-38,40,49,53H,3,13-15,18-19,22,25,30H2,1-2,4-12H3/q+2. The summed E-state index contributed by atoms with van der Waals surface area (Å²) in [6, 6.07) is 36.9. The second-order valence-electron chi connectivity index (χ2n) is 23.5. The molecule has 2 aliphatic heterocycles. The third kappa shape index (κ3) is 7.99. The number of nitrogens with zero attached hydrogens (tertiary/aromatic N) is 2. The van der Waals surface area contributed by atoms with Crippen LogP contribution in [0.15, 0.2) is 110 Å². The molecule has 4 aromatic carbocycles. The Morgan fingerprint density at radius 1 is 0.723 bits per heavy atom. The molecule has 2 unspecified atom stereocenters. The highest BCUT2D eigenvalue weighted by atomic mass is 32.1. The second kappa shape index (κ2) is 16.3. The molecular formula is C61H72N2SSi+2. The van der Waals surface area contributed by atoms with E-state index in [2.05, 4.69) is 188 Å². The van der Waals surface area contributed by atoms with Gasteiger partial charge in [0.2, 0.25) is 11.4 Å². The van der Waals surface area contributed by atoms with Gasteiger partial charge in [0, 0.05) is 55.0 Å². The maximum atomic E-state index is 5.06. The molecule has 7 aromatic rings. The van der Waals surface area contributed by atoms with E-state index in [9.17, 15) is 0 Å². The minimum atomic E-state index is -1.67. The molecule has 4 heteroatoms. The van der Waals surface area contributed by atoms with E-state index in [1.807, 2.05) is 11.3 Å². The van der Waals surface area contributed by atoms with Crippen LogP contribution in [0.4, 0.5) is 0 Å². The number of allylic oxidation sites excluding steroid dienone is 1. The van der Waals surface area contributed by atoms with Crippen molar-refractivity contribution in [3.05, 3.63) is 143 Å². The van der Waals surface area contributed by atoms with Gasteiger partial charge in [-0.05, 0) is 112 Å². The van der Waals surface area contributed by atoms with Crippen LogP contribution < -0.4 is 14.3 Å². The molecule has 0 N–H and O–H groups in total. The smallest absolute Gasteiger partial charge is 0.194 e. The molecule has 0 radical (unpaired) electrons. The van der Waals surface area contributed by atoms with Crippen molar-refractivity contribution in [1.29, 1.82) is 0 Å². The van der Waals surface area contributed by atoms with Crippen LogP contribution in [0.2, 0.25) is 19.6 Å². The molecule has 3 aliphatic rings. The first-order valence-corrected chi connectivity index (χ1v) is 29.2. The van der Waals surface area contributed by atoms with Gasteiger partial charge in [-0.3, -0.25) is 0 Å². The van der Waals surface area contributed by atoms with Crippen molar-refractivity contribution in [3.8, 4) is 33.6 Å². The molecule has 0 amide bonds. The first-order valence-electron chi connectivity index (χ1n) is 24.9. The predicted octanol–water partition coefficient (Wildman–Crippen LogP) is 16.1. The monoisotopic (exact) mass is 893 g/mol. The number of thiophene rings is 1. The van der Waals surface area contributed by atoms with E-state index in [4.69, 9.17) is 6.58 Å². The van der Waals surface area contributed by atoms with Gasteiger partial charge in [0.1, 0.15) is 0 Å². The van der Waals surface area contributed by atoms with Crippen LogP contribution in [0.25, 0.3) is 59.5 Å². The van der Waals surface area contributed by atoms with Crippen molar-refractivity contribution in [3.63, 3.8) is 0 Å². The molecule has 5 heterocycles. The van der Waals surface area contributed by atoms with E-state index < -0.39 is 8.07 Å². The topological polar surface area (TPSA) is 7.76 Å². The Morgan fingerprint density at radius 3 is 2.12 bits per heavy atom. The number of hydrogen-bond acceptors (Lipinski definition) is 1. The van der Waals surface area contributed by atoms with Crippen LogP contribution in [0.5, 0.6) is 0 Å². The minimum Gasteiger partial charge on any atom is -0.194 e. The molecular weight excluding hydrogens is 821 g/mol. The number of rotatable bonds is 4. The number of hydrogen-bond donors (Lipinski definition) is 0. The fourth-order valence-corrected chi connectivity index (χ4v) is 14.8. The summed E-state index contributed by atoms with van der Waals surface area (Å²) in [5.41, 5.74) is 18.3. The van der Waals surface area contributed by atoms with Gasteiger partial charge in [-0.25, -0.2) is 0 Å². The van der Waals surface area contributed by atoms with Crippen LogP contribution in [-0.2, 0) is 17.3 Å². The molecule has 0 bridgehead atoms. The van der Waals surface area contributed by atoms with Gasteiger partial charge < -0.3 is 0 Å². The number of pyridine rings is 2. The number of benzene rings is 4. The van der Waals surface area contributed by atoms with Crippen molar-refractivity contribution in [1.82, 2.24) is 0 Å². The lowest BCUT2D eigenvalue weighted by molar-refractivity contribution is -0.719. The highest BCUT2D eigenvalue weighted by Crippen LogP contribution is 2.48. The van der Waals surface area contributed by atoms with E-state index in [0.29, 0.717) is 17.8 Å². The normalized spacial score (nSPS) is 18.3. The third-order valence-corrected chi connectivity index (χ3v) is 18.8. The molecule has 1 aliphatic carbocycles. The van der Waals surface area contributed by atoms with E-state index >= 15 is 0 Å². The first kappa shape index (κ1) is 44.2. The maximum absolute atomic E-state index is 5.06. The summed E-state index contributed by atoms with van der Waals surface area (Å²) in [5, 5.41) is 4.33. The van der Waals surface area contributed by atoms with Crippen LogP contribution in [0, 0.1) is 0 Å². The number of fused-ring (bicyclic) bond motifs is 13. The van der Waals surface area contributed by atoms with Crippen LogP contribution in [-0.4, -0.2) is 8.07 Å². The average Bonchev–Trinajstić information content (AvgIpc) is 3.65. The molecule has 3 aromatic heterocycles. The first-order chi connectivity index (χ1) is 30.8. The molecule has 1 fully saturated rings. The SMILES string of the molecule is C=C1CC2C(CCc3ccc4c(sc5cc(-c6cc(C(C)(C)C)cc(C(C)(C)C)c6)ccc54)c3-c3cc(C4CCCCC4)cc[n+]31)c1ccccc1-c1cc(C(C)C)c([Si](C)(C)C)c[n+]12. The van der Waals surface area contributed by atoms with E-state index in [-0.39, 0.29) is 16.9 Å². The van der Waals surface area contributed by atoms with Crippen molar-refractivity contribution in [2.75, 3.05) is 0 Å². The molecule has 1 saturated carbocycles. The van der Waals surface area contributed by atoms with E-state index in [1.54, 1.807) is 5.19 Å².